The van der Waals surface area contributed by atoms with E-state index in [1.54, 1.807) is 13.0 Å². The lowest BCUT2D eigenvalue weighted by Crippen LogP contribution is -2.58. The molecule has 1 aromatic carbocycles. The number of hydrogen-bond donors (Lipinski definition) is 2. The number of carbonyl (C=O) groups excluding carboxylic acids is 2. The van der Waals surface area contributed by atoms with Crippen molar-refractivity contribution in [2.75, 3.05) is 11.9 Å². The van der Waals surface area contributed by atoms with E-state index in [-0.39, 0.29) is 5.97 Å². The molecule has 4 bridgehead atoms. The molecule has 4 aliphatic rings. The van der Waals surface area contributed by atoms with Crippen LogP contribution in [-0.2, 0) is 14.3 Å². The van der Waals surface area contributed by atoms with Gasteiger partial charge in [0.05, 0.1) is 11.0 Å². The Morgan fingerprint density at radius 3 is 2.62 bits per heavy atom. The SMILES string of the molecule is Cc1ccc(F)cc1NC(=O)COC(=O)C12CC3CC(CC(O)(C3)C1)C2. The zero-order valence-electron chi connectivity index (χ0n) is 14.9. The molecule has 2 N–H and O–H groups in total. The van der Waals surface area contributed by atoms with E-state index < -0.39 is 29.3 Å². The number of ether oxygens (including phenoxy) is 1. The molecule has 4 aliphatic carbocycles. The van der Waals surface area contributed by atoms with E-state index in [1.807, 2.05) is 0 Å². The third-order valence-electron chi connectivity index (χ3n) is 6.27. The zero-order valence-corrected chi connectivity index (χ0v) is 14.9. The first-order valence-electron chi connectivity index (χ1n) is 9.23. The molecule has 1 amide bonds. The second kappa shape index (κ2) is 6.05. The lowest BCUT2D eigenvalue weighted by Gasteiger charge is -2.58. The highest BCUT2D eigenvalue weighted by Crippen LogP contribution is 2.61. The van der Waals surface area contributed by atoms with Crippen LogP contribution in [0.2, 0.25) is 0 Å². The molecule has 1 aromatic rings. The van der Waals surface area contributed by atoms with Gasteiger partial charge in [0, 0.05) is 5.69 Å². The maximum absolute atomic E-state index is 13.3. The van der Waals surface area contributed by atoms with Gasteiger partial charge in [-0.2, -0.15) is 0 Å². The first-order chi connectivity index (χ1) is 12.3. The molecule has 5 nitrogen and oxygen atoms in total. The van der Waals surface area contributed by atoms with E-state index in [0.717, 1.165) is 37.7 Å². The summed E-state index contributed by atoms with van der Waals surface area (Å²) in [5.74, 6) is -0.563. The van der Waals surface area contributed by atoms with Crippen molar-refractivity contribution in [1.82, 2.24) is 0 Å². The first kappa shape index (κ1) is 17.5. The molecule has 0 spiro atoms. The van der Waals surface area contributed by atoms with Gasteiger partial charge >= 0.3 is 5.97 Å². The molecule has 0 aromatic heterocycles. The minimum Gasteiger partial charge on any atom is -0.455 e. The van der Waals surface area contributed by atoms with E-state index in [2.05, 4.69) is 5.32 Å². The Morgan fingerprint density at radius 1 is 1.27 bits per heavy atom. The van der Waals surface area contributed by atoms with E-state index in [1.165, 1.54) is 12.1 Å². The standard InChI is InChI=1S/C20H24FNO4/c1-12-2-3-15(21)5-16(12)22-17(23)10-26-18(24)19-6-13-4-14(7-19)9-20(25,8-13)11-19/h2-3,5,13-14,25H,4,6-11H2,1H3,(H,22,23). The molecule has 0 heterocycles. The largest absolute Gasteiger partial charge is 0.455 e. The normalized spacial score (nSPS) is 34.6. The van der Waals surface area contributed by atoms with E-state index in [9.17, 15) is 19.1 Å². The van der Waals surface area contributed by atoms with Crippen LogP contribution in [0.1, 0.15) is 44.1 Å². The molecule has 5 rings (SSSR count). The van der Waals surface area contributed by atoms with Crippen molar-refractivity contribution in [2.45, 2.75) is 51.0 Å². The molecule has 0 saturated heterocycles. The minimum absolute atomic E-state index is 0.371. The van der Waals surface area contributed by atoms with Crippen molar-refractivity contribution in [1.29, 1.82) is 0 Å². The molecular formula is C20H24FNO4. The Hall–Kier alpha value is -1.95. The van der Waals surface area contributed by atoms with Crippen molar-refractivity contribution in [2.24, 2.45) is 17.3 Å². The van der Waals surface area contributed by atoms with Crippen molar-refractivity contribution >= 4 is 17.6 Å². The highest BCUT2D eigenvalue weighted by molar-refractivity contribution is 5.93. The van der Waals surface area contributed by atoms with Gasteiger partial charge in [-0.15, -0.1) is 0 Å². The van der Waals surface area contributed by atoms with Crippen LogP contribution >= 0.6 is 0 Å². The number of nitrogens with one attached hydrogen (secondary N) is 1. The minimum atomic E-state index is -0.746. The third kappa shape index (κ3) is 3.11. The number of hydrogen-bond acceptors (Lipinski definition) is 4. The van der Waals surface area contributed by atoms with E-state index in [4.69, 9.17) is 4.74 Å². The smallest absolute Gasteiger partial charge is 0.312 e. The van der Waals surface area contributed by atoms with Crippen LogP contribution in [-0.4, -0.2) is 29.2 Å². The fourth-order valence-electron chi connectivity index (χ4n) is 5.65. The lowest BCUT2D eigenvalue weighted by molar-refractivity contribution is -0.196. The number of aliphatic hydroxyl groups is 1. The fraction of sp³-hybridized carbons (Fsp3) is 0.600. The van der Waals surface area contributed by atoms with Crippen LogP contribution < -0.4 is 5.32 Å². The Morgan fingerprint density at radius 2 is 1.96 bits per heavy atom. The quantitative estimate of drug-likeness (QED) is 0.809. The van der Waals surface area contributed by atoms with Crippen molar-refractivity contribution < 1.29 is 23.8 Å². The van der Waals surface area contributed by atoms with Gasteiger partial charge in [0.1, 0.15) is 5.82 Å². The molecule has 2 atom stereocenters. The molecule has 4 saturated carbocycles. The summed E-state index contributed by atoms with van der Waals surface area (Å²) in [6.45, 7) is 1.36. The van der Waals surface area contributed by atoms with Crippen LogP contribution in [0.4, 0.5) is 10.1 Å². The van der Waals surface area contributed by atoms with Crippen LogP contribution in [0.3, 0.4) is 0 Å². The van der Waals surface area contributed by atoms with E-state index in [0.29, 0.717) is 23.9 Å². The number of halogens is 1. The monoisotopic (exact) mass is 361 g/mol. The van der Waals surface area contributed by atoms with Gasteiger partial charge in [-0.1, -0.05) is 6.07 Å². The summed E-state index contributed by atoms with van der Waals surface area (Å²) in [6.07, 6.45) is 4.56. The van der Waals surface area contributed by atoms with Gasteiger partial charge < -0.3 is 15.2 Å². The van der Waals surface area contributed by atoms with E-state index >= 15 is 0 Å². The Labute approximate surface area is 151 Å². The summed E-state index contributed by atoms with van der Waals surface area (Å²) < 4.78 is 18.6. The Bertz CT molecular complexity index is 748. The number of amides is 1. The molecule has 2 unspecified atom stereocenters. The molecule has 4 fully saturated rings. The van der Waals surface area contributed by atoms with Crippen molar-refractivity contribution in [3.8, 4) is 0 Å². The summed E-state index contributed by atoms with van der Waals surface area (Å²) in [6, 6.07) is 4.14. The summed E-state index contributed by atoms with van der Waals surface area (Å²) in [7, 11) is 0. The number of carbonyl (C=O) groups is 2. The van der Waals surface area contributed by atoms with Gasteiger partial charge in [-0.3, -0.25) is 9.59 Å². The number of esters is 1. The summed E-state index contributed by atoms with van der Waals surface area (Å²) in [5, 5.41) is 13.3. The molecule has 6 heteroatoms. The van der Waals surface area contributed by atoms with Crippen LogP contribution in [0.25, 0.3) is 0 Å². The third-order valence-corrected chi connectivity index (χ3v) is 6.27. The van der Waals surface area contributed by atoms with Gasteiger partial charge in [-0.05, 0) is 75.0 Å². The lowest BCUT2D eigenvalue weighted by atomic mass is 9.48. The summed E-state index contributed by atoms with van der Waals surface area (Å²) >= 11 is 0. The highest BCUT2D eigenvalue weighted by Gasteiger charge is 2.60. The first-order valence-corrected chi connectivity index (χ1v) is 9.23. The molecule has 0 aliphatic heterocycles. The van der Waals surface area contributed by atoms with Gasteiger partial charge in [0.2, 0.25) is 0 Å². The number of aryl methyl sites for hydroxylation is 1. The average molecular weight is 361 g/mol. The average Bonchev–Trinajstić information content (AvgIpc) is 2.53. The molecule has 0 radical (unpaired) electrons. The van der Waals surface area contributed by atoms with Gasteiger partial charge in [0.15, 0.2) is 6.61 Å². The highest BCUT2D eigenvalue weighted by atomic mass is 19.1. The predicted octanol–water partition coefficient (Wildman–Crippen LogP) is 2.95. The fourth-order valence-corrected chi connectivity index (χ4v) is 5.65. The number of anilines is 1. The van der Waals surface area contributed by atoms with Gasteiger partial charge in [0.25, 0.3) is 5.91 Å². The zero-order chi connectivity index (χ0) is 18.5. The summed E-state index contributed by atoms with van der Waals surface area (Å²) in [5.41, 5.74) is -0.290. The molecule has 140 valence electrons. The second-order valence-corrected chi connectivity index (χ2v) is 8.55. The Balaban J connectivity index is 1.38. The Kier molecular flexibility index (Phi) is 4.06. The maximum Gasteiger partial charge on any atom is 0.312 e. The maximum atomic E-state index is 13.3. The molecular weight excluding hydrogens is 337 g/mol. The number of benzene rings is 1. The topological polar surface area (TPSA) is 75.6 Å². The number of rotatable bonds is 4. The van der Waals surface area contributed by atoms with Gasteiger partial charge in [-0.25, -0.2) is 4.39 Å². The van der Waals surface area contributed by atoms with Crippen LogP contribution in [0, 0.1) is 30.0 Å². The van der Waals surface area contributed by atoms with Crippen LogP contribution in [0.5, 0.6) is 0 Å². The second-order valence-electron chi connectivity index (χ2n) is 8.55. The molecule has 26 heavy (non-hydrogen) atoms. The van der Waals surface area contributed by atoms with Crippen molar-refractivity contribution in [3.63, 3.8) is 0 Å². The predicted molar refractivity (Wildman–Crippen MR) is 92.8 cm³/mol. The van der Waals surface area contributed by atoms with Crippen LogP contribution in [0.15, 0.2) is 18.2 Å². The van der Waals surface area contributed by atoms with Crippen molar-refractivity contribution in [3.05, 3.63) is 29.6 Å². The summed E-state index contributed by atoms with van der Waals surface area (Å²) in [4.78, 5) is 24.9.